The summed E-state index contributed by atoms with van der Waals surface area (Å²) in [5, 5.41) is 21.0. The molecule has 0 saturated heterocycles. The van der Waals surface area contributed by atoms with E-state index in [1.807, 2.05) is 0 Å². The lowest BCUT2D eigenvalue weighted by Crippen LogP contribution is -2.02. The van der Waals surface area contributed by atoms with Crippen LogP contribution in [0.1, 0.15) is 0 Å². The quantitative estimate of drug-likeness (QED) is 0.404. The van der Waals surface area contributed by atoms with Gasteiger partial charge in [0.1, 0.15) is 0 Å². The maximum atomic E-state index is 10.4. The largest absolute Gasteiger partial charge is 0.283 e. The van der Waals surface area contributed by atoms with Gasteiger partial charge in [0.15, 0.2) is 0 Å². The van der Waals surface area contributed by atoms with Crippen molar-refractivity contribution in [2.24, 2.45) is 0 Å². The molecule has 1 rings (SSSR count). The number of hydrogen-bond acceptors (Lipinski definition) is 4. The van der Waals surface area contributed by atoms with Gasteiger partial charge in [-0.25, -0.2) is 0 Å². The van der Waals surface area contributed by atoms with E-state index in [2.05, 4.69) is 9.24 Å². The zero-order chi connectivity index (χ0) is 10.0. The molecule has 0 bridgehead atoms. The van der Waals surface area contributed by atoms with Gasteiger partial charge in [-0.05, 0) is 6.07 Å². The number of hydrogen-bond donors (Lipinski definition) is 0. The predicted octanol–water partition coefficient (Wildman–Crippen LogP) is 1.00. The lowest BCUT2D eigenvalue weighted by Gasteiger charge is -1.95. The normalized spacial score (nSPS) is 9.62. The van der Waals surface area contributed by atoms with Gasteiger partial charge in [-0.1, -0.05) is 9.24 Å². The van der Waals surface area contributed by atoms with E-state index in [0.29, 0.717) is 5.30 Å². The molecule has 0 radical (unpaired) electrons. The van der Waals surface area contributed by atoms with Crippen LogP contribution in [0.25, 0.3) is 0 Å². The minimum atomic E-state index is -0.670. The van der Waals surface area contributed by atoms with Crippen LogP contribution >= 0.6 is 9.24 Å². The Bertz CT molecular complexity index is 379. The van der Waals surface area contributed by atoms with Gasteiger partial charge in [0.25, 0.3) is 11.4 Å². The van der Waals surface area contributed by atoms with Crippen molar-refractivity contribution in [3.63, 3.8) is 0 Å². The molecule has 1 aromatic carbocycles. The summed E-state index contributed by atoms with van der Waals surface area (Å²) in [6, 6.07) is 3.47. The Morgan fingerprint density at radius 3 is 2.23 bits per heavy atom. The highest BCUT2D eigenvalue weighted by molar-refractivity contribution is 7.27. The number of non-ortho nitro benzene ring substituents is 1. The average molecular weight is 200 g/mol. The molecule has 0 aliphatic carbocycles. The van der Waals surface area contributed by atoms with Gasteiger partial charge in [-0.2, -0.15) is 0 Å². The number of rotatable bonds is 2. The molecule has 0 saturated carbocycles. The Morgan fingerprint density at radius 1 is 1.15 bits per heavy atom. The molecule has 13 heavy (non-hydrogen) atoms. The minimum Gasteiger partial charge on any atom is -0.258 e. The van der Waals surface area contributed by atoms with Gasteiger partial charge >= 0.3 is 0 Å². The van der Waals surface area contributed by atoms with E-state index >= 15 is 0 Å². The Balaban J connectivity index is 3.27. The molecule has 6 nitrogen and oxygen atoms in total. The van der Waals surface area contributed by atoms with E-state index < -0.39 is 9.85 Å². The summed E-state index contributed by atoms with van der Waals surface area (Å²) in [6.45, 7) is 0. The van der Waals surface area contributed by atoms with E-state index in [9.17, 15) is 20.2 Å². The fraction of sp³-hybridized carbons (Fsp3) is 0. The average Bonchev–Trinajstić information content (AvgIpc) is 2.04. The molecule has 0 spiro atoms. The van der Waals surface area contributed by atoms with Crippen molar-refractivity contribution in [1.29, 1.82) is 0 Å². The zero-order valence-electron chi connectivity index (χ0n) is 6.34. The van der Waals surface area contributed by atoms with Crippen LogP contribution in [0.3, 0.4) is 0 Å². The van der Waals surface area contributed by atoms with Gasteiger partial charge in [-0.15, -0.1) is 0 Å². The number of benzene rings is 1. The van der Waals surface area contributed by atoms with Crippen LogP contribution in [0.5, 0.6) is 0 Å². The summed E-state index contributed by atoms with van der Waals surface area (Å²) in [4.78, 5) is 19.3. The van der Waals surface area contributed by atoms with Crippen LogP contribution in [-0.2, 0) is 0 Å². The van der Waals surface area contributed by atoms with E-state index in [1.165, 1.54) is 12.1 Å². The summed E-state index contributed by atoms with van der Waals surface area (Å²) in [7, 11) is 2.15. The SMILES string of the molecule is O=[N+]([O-])c1ccc(P)c([N+](=O)[O-])c1. The van der Waals surface area contributed by atoms with Gasteiger partial charge in [-0.3, -0.25) is 20.2 Å². The van der Waals surface area contributed by atoms with Crippen LogP contribution in [0.15, 0.2) is 18.2 Å². The van der Waals surface area contributed by atoms with Gasteiger partial charge < -0.3 is 0 Å². The molecule has 0 fully saturated rings. The van der Waals surface area contributed by atoms with Gasteiger partial charge in [0.05, 0.1) is 15.9 Å². The summed E-state index contributed by atoms with van der Waals surface area (Å²) in [5.41, 5.74) is -0.544. The summed E-state index contributed by atoms with van der Waals surface area (Å²) in [6.07, 6.45) is 0. The number of nitro benzene ring substituents is 2. The highest BCUT2D eigenvalue weighted by Crippen LogP contribution is 2.18. The second-order valence-electron chi connectivity index (χ2n) is 2.26. The van der Waals surface area contributed by atoms with Crippen LogP contribution in [-0.4, -0.2) is 9.85 Å². The minimum absolute atomic E-state index is 0.265. The maximum Gasteiger partial charge on any atom is 0.283 e. The molecular weight excluding hydrogens is 195 g/mol. The van der Waals surface area contributed by atoms with Crippen molar-refractivity contribution in [1.82, 2.24) is 0 Å². The molecule has 68 valence electrons. The Morgan fingerprint density at radius 2 is 1.77 bits per heavy atom. The summed E-state index contributed by atoms with van der Waals surface area (Å²) < 4.78 is 0. The van der Waals surface area contributed by atoms with Crippen molar-refractivity contribution in [2.45, 2.75) is 0 Å². The second-order valence-corrected chi connectivity index (χ2v) is 2.88. The van der Waals surface area contributed by atoms with Crippen molar-refractivity contribution in [2.75, 3.05) is 0 Å². The number of nitrogens with zero attached hydrogens (tertiary/aromatic N) is 2. The topological polar surface area (TPSA) is 86.3 Å². The van der Waals surface area contributed by atoms with Crippen molar-refractivity contribution < 1.29 is 9.85 Å². The highest BCUT2D eigenvalue weighted by atomic mass is 31.0. The first-order chi connectivity index (χ1) is 6.02. The first-order valence-corrected chi connectivity index (χ1v) is 3.78. The third-order valence-electron chi connectivity index (χ3n) is 1.42. The highest BCUT2D eigenvalue weighted by Gasteiger charge is 2.16. The molecule has 0 aromatic heterocycles. The van der Waals surface area contributed by atoms with Crippen LogP contribution in [0.2, 0.25) is 0 Å². The standard InChI is InChI=1S/C6H5N2O4P/c9-7(10)4-1-2-6(13)5(3-4)8(11)12/h1-3H,13H2. The van der Waals surface area contributed by atoms with Crippen LogP contribution in [0, 0.1) is 20.2 Å². The van der Waals surface area contributed by atoms with Gasteiger partial charge in [0, 0.05) is 11.4 Å². The molecule has 0 amide bonds. The molecule has 0 aliphatic heterocycles. The van der Waals surface area contributed by atoms with E-state index in [1.54, 1.807) is 0 Å². The van der Waals surface area contributed by atoms with Gasteiger partial charge in [0.2, 0.25) is 0 Å². The summed E-state index contributed by atoms with van der Waals surface area (Å²) in [5.74, 6) is 0. The van der Waals surface area contributed by atoms with Crippen molar-refractivity contribution >= 4 is 25.9 Å². The molecule has 1 aromatic rings. The molecule has 1 unspecified atom stereocenters. The molecule has 0 aliphatic rings. The zero-order valence-corrected chi connectivity index (χ0v) is 7.49. The van der Waals surface area contributed by atoms with Crippen molar-refractivity contribution in [3.8, 4) is 0 Å². The fourth-order valence-electron chi connectivity index (χ4n) is 0.804. The number of nitro groups is 2. The Labute approximate surface area is 75.1 Å². The van der Waals surface area contributed by atoms with Crippen LogP contribution < -0.4 is 5.30 Å². The molecular formula is C6H5N2O4P. The van der Waals surface area contributed by atoms with Crippen molar-refractivity contribution in [3.05, 3.63) is 38.4 Å². The van der Waals surface area contributed by atoms with E-state index in [0.717, 1.165) is 6.07 Å². The van der Waals surface area contributed by atoms with Crippen LogP contribution in [0.4, 0.5) is 11.4 Å². The Hall–Kier alpha value is -1.55. The third-order valence-corrected chi connectivity index (χ3v) is 1.91. The third kappa shape index (κ3) is 1.97. The van der Waals surface area contributed by atoms with E-state index in [4.69, 9.17) is 0 Å². The predicted molar refractivity (Wildman–Crippen MR) is 49.1 cm³/mol. The fourth-order valence-corrected chi connectivity index (χ4v) is 1.09. The lowest BCUT2D eigenvalue weighted by atomic mass is 10.3. The smallest absolute Gasteiger partial charge is 0.258 e. The summed E-state index contributed by atoms with van der Waals surface area (Å²) >= 11 is 0. The lowest BCUT2D eigenvalue weighted by molar-refractivity contribution is -0.393. The molecule has 7 heteroatoms. The first-order valence-electron chi connectivity index (χ1n) is 3.20. The molecule has 0 heterocycles. The maximum absolute atomic E-state index is 10.4. The molecule has 1 atom stereocenters. The second kappa shape index (κ2) is 3.45. The first kappa shape index (κ1) is 9.54. The molecule has 0 N–H and O–H groups in total. The Kier molecular flexibility index (Phi) is 2.53. The van der Waals surface area contributed by atoms with E-state index in [-0.39, 0.29) is 11.4 Å². The monoisotopic (exact) mass is 200 g/mol.